The first-order chi connectivity index (χ1) is 21.5. The van der Waals surface area contributed by atoms with Gasteiger partial charge in [-0.2, -0.15) is 0 Å². The Hall–Kier alpha value is -1.53. The maximum Gasteiger partial charge on any atom is -1.00 e. The van der Waals surface area contributed by atoms with Crippen molar-refractivity contribution >= 4 is 6.98 Å². The molecule has 0 aromatic heterocycles. The van der Waals surface area contributed by atoms with Crippen LogP contribution in [0.15, 0.2) is 81.7 Å². The van der Waals surface area contributed by atoms with Gasteiger partial charge in [0, 0.05) is 0 Å². The molecule has 0 aliphatic heterocycles. The SMILES string of the molecule is CC(C)(C)c1ccc2c(c1)Cc1c-2ccc(C(C)(C)C)[c]1[Zr+2](=[CH]Cc1ccccc1)[C]1=CC(C23CC4CC(CC(C4)C2)C3)=CC1.[Cl-].[Cl-]. The molecule has 3 aromatic rings. The molecule has 47 heavy (non-hydrogen) atoms. The van der Waals surface area contributed by atoms with E-state index in [1.54, 1.807) is 25.5 Å². The molecule has 0 heterocycles. The number of fused-ring (bicyclic) bond motifs is 3. The van der Waals surface area contributed by atoms with Crippen molar-refractivity contribution in [3.05, 3.63) is 109 Å². The molecule has 6 aliphatic rings. The van der Waals surface area contributed by atoms with E-state index in [-0.39, 0.29) is 35.6 Å². The van der Waals surface area contributed by atoms with E-state index in [0.29, 0.717) is 5.41 Å². The molecule has 4 saturated carbocycles. The average Bonchev–Trinajstić information content (AvgIpc) is 3.62. The fourth-order valence-electron chi connectivity index (χ4n) is 10.5. The summed E-state index contributed by atoms with van der Waals surface area (Å²) >= 11 is -2.44. The van der Waals surface area contributed by atoms with Crippen LogP contribution in [-0.4, -0.2) is 3.71 Å². The Balaban J connectivity index is 0.00000193. The van der Waals surface area contributed by atoms with Gasteiger partial charge in [-0.05, 0) is 0 Å². The number of allylic oxidation sites excluding steroid dienone is 4. The van der Waals surface area contributed by atoms with Crippen molar-refractivity contribution in [2.75, 3.05) is 0 Å². The smallest absolute Gasteiger partial charge is 1.00 e. The van der Waals surface area contributed by atoms with Crippen LogP contribution >= 0.6 is 0 Å². The zero-order valence-electron chi connectivity index (χ0n) is 29.4. The summed E-state index contributed by atoms with van der Waals surface area (Å²) in [4.78, 5) is 0. The summed E-state index contributed by atoms with van der Waals surface area (Å²) in [7, 11) is 0. The maximum atomic E-state index is 2.88. The van der Waals surface area contributed by atoms with Crippen molar-refractivity contribution in [2.24, 2.45) is 23.2 Å². The Kier molecular flexibility index (Phi) is 9.75. The Morgan fingerprint density at radius 1 is 0.766 bits per heavy atom. The third kappa shape index (κ3) is 6.46. The van der Waals surface area contributed by atoms with Crippen molar-refractivity contribution in [1.82, 2.24) is 0 Å². The van der Waals surface area contributed by atoms with Gasteiger partial charge in [0.2, 0.25) is 0 Å². The molecule has 3 heteroatoms. The summed E-state index contributed by atoms with van der Waals surface area (Å²) in [5.41, 5.74) is 13.3. The van der Waals surface area contributed by atoms with Crippen LogP contribution in [0.4, 0.5) is 0 Å². The molecule has 0 nitrogen and oxygen atoms in total. The standard InChI is InChI=1S/C21H25.C15H19.C8H8.2ClH.Zr/c1-20(2,3)16-7-9-18-14(12-16)11-15-13-17(21(4,5)6)8-10-19(15)18;1-2-4-14(3-1)15-8-11-5-12(9-15)7-13(6-11)10-15;1-2-8-6-4-3-5-7-8;;;/h7-10,12H,11H2,1-6H3;3-4,11-13H,1,5-10H2;1,3-7H,2H2;2*1H;/q;;;;;+2/p-2. The predicted molar refractivity (Wildman–Crippen MR) is 189 cm³/mol. The summed E-state index contributed by atoms with van der Waals surface area (Å²) in [6.45, 7) is 14.4. The van der Waals surface area contributed by atoms with Crippen LogP contribution in [0.5, 0.6) is 0 Å². The van der Waals surface area contributed by atoms with E-state index >= 15 is 0 Å². The fourth-order valence-corrected chi connectivity index (χ4v) is 18.2. The molecule has 4 fully saturated rings. The molecule has 0 saturated heterocycles. The van der Waals surface area contributed by atoms with E-state index in [9.17, 15) is 0 Å². The van der Waals surface area contributed by atoms with E-state index in [4.69, 9.17) is 0 Å². The number of benzene rings is 3. The van der Waals surface area contributed by atoms with Crippen molar-refractivity contribution < 1.29 is 46.1 Å². The minimum Gasteiger partial charge on any atom is -1.00 e. The van der Waals surface area contributed by atoms with E-state index in [2.05, 4.69) is 118 Å². The largest absolute Gasteiger partial charge is 1.00 e. The molecule has 4 bridgehead atoms. The van der Waals surface area contributed by atoms with Crippen molar-refractivity contribution in [2.45, 2.75) is 110 Å². The second-order valence-corrected chi connectivity index (χ2v) is 23.4. The van der Waals surface area contributed by atoms with Crippen LogP contribution in [0, 0.1) is 23.2 Å². The van der Waals surface area contributed by atoms with Gasteiger partial charge in [-0.25, -0.2) is 0 Å². The second-order valence-electron chi connectivity index (χ2n) is 17.6. The number of hydrogen-bond acceptors (Lipinski definition) is 0. The molecule has 0 unspecified atom stereocenters. The summed E-state index contributed by atoms with van der Waals surface area (Å²) in [6, 6.07) is 23.7. The van der Waals surface area contributed by atoms with Crippen LogP contribution in [0.2, 0.25) is 0 Å². The van der Waals surface area contributed by atoms with E-state index < -0.39 is 21.3 Å². The molecule has 0 spiro atoms. The van der Waals surface area contributed by atoms with Gasteiger partial charge < -0.3 is 24.8 Å². The van der Waals surface area contributed by atoms with Crippen molar-refractivity contribution in [3.8, 4) is 11.1 Å². The zero-order chi connectivity index (χ0) is 31.1. The Labute approximate surface area is 304 Å². The molecule has 6 aliphatic carbocycles. The molecule has 246 valence electrons. The molecule has 0 radical (unpaired) electrons. The molecule has 0 N–H and O–H groups in total. The Morgan fingerprint density at radius 2 is 1.40 bits per heavy atom. The third-order valence-electron chi connectivity index (χ3n) is 12.3. The van der Waals surface area contributed by atoms with Gasteiger partial charge in [0.25, 0.3) is 0 Å². The minimum absolute atomic E-state index is 0. The molecule has 0 amide bonds. The first kappa shape index (κ1) is 35.3. The number of rotatable bonds is 5. The monoisotopic (exact) mass is 740 g/mol. The van der Waals surface area contributed by atoms with Crippen LogP contribution in [0.25, 0.3) is 11.1 Å². The average molecular weight is 743 g/mol. The first-order valence-corrected chi connectivity index (χ1v) is 21.8. The van der Waals surface area contributed by atoms with Gasteiger partial charge in [0.05, 0.1) is 0 Å². The summed E-state index contributed by atoms with van der Waals surface area (Å²) in [6.07, 6.45) is 18.0. The van der Waals surface area contributed by atoms with Crippen molar-refractivity contribution in [1.29, 1.82) is 0 Å². The van der Waals surface area contributed by atoms with Gasteiger partial charge in [0.1, 0.15) is 0 Å². The van der Waals surface area contributed by atoms with Gasteiger partial charge in [-0.1, -0.05) is 0 Å². The molecular weight excluding hydrogens is 691 g/mol. The molecule has 9 rings (SSSR count). The number of halogens is 2. The molecular formula is C44H52Cl2Zr. The topological polar surface area (TPSA) is 0 Å². The minimum atomic E-state index is -2.44. The van der Waals surface area contributed by atoms with Crippen LogP contribution < -0.4 is 28.1 Å². The maximum absolute atomic E-state index is 2.88. The van der Waals surface area contributed by atoms with Crippen LogP contribution in [0.1, 0.15) is 114 Å². The Morgan fingerprint density at radius 3 is 2.02 bits per heavy atom. The normalized spacial score (nSPS) is 25.4. The van der Waals surface area contributed by atoms with E-state index in [0.717, 1.165) is 30.6 Å². The Bertz CT molecular complexity index is 1720. The van der Waals surface area contributed by atoms with Gasteiger partial charge >= 0.3 is 282 Å². The van der Waals surface area contributed by atoms with E-state index in [1.807, 2.05) is 3.28 Å². The van der Waals surface area contributed by atoms with Crippen LogP contribution in [-0.2, 0) is 44.9 Å². The van der Waals surface area contributed by atoms with Crippen molar-refractivity contribution in [3.63, 3.8) is 0 Å². The predicted octanol–water partition coefficient (Wildman–Crippen LogP) is 4.58. The molecule has 0 atom stereocenters. The summed E-state index contributed by atoms with van der Waals surface area (Å²) in [5, 5.41) is 0. The first-order valence-electron chi connectivity index (χ1n) is 17.9. The van der Waals surface area contributed by atoms with E-state index in [1.165, 1.54) is 67.2 Å². The quantitative estimate of drug-likeness (QED) is 0.281. The van der Waals surface area contributed by atoms with Gasteiger partial charge in [0.15, 0.2) is 0 Å². The molecule has 3 aromatic carbocycles. The summed E-state index contributed by atoms with van der Waals surface area (Å²) < 4.78 is 6.52. The van der Waals surface area contributed by atoms with Crippen LogP contribution in [0.3, 0.4) is 0 Å². The summed E-state index contributed by atoms with van der Waals surface area (Å²) in [5.74, 6) is 3.00. The van der Waals surface area contributed by atoms with Gasteiger partial charge in [-0.3, -0.25) is 0 Å². The second kappa shape index (κ2) is 13.0. The zero-order valence-corrected chi connectivity index (χ0v) is 33.3. The fraction of sp³-hybridized carbons (Fsp3) is 0.477. The van der Waals surface area contributed by atoms with Gasteiger partial charge in [-0.15, -0.1) is 0 Å². The third-order valence-corrected chi connectivity index (χ3v) is 19.1. The number of hydrogen-bond donors (Lipinski definition) is 0.